The van der Waals surface area contributed by atoms with E-state index in [1.54, 1.807) is 21.9 Å². The van der Waals surface area contributed by atoms with Gasteiger partial charge in [0.2, 0.25) is 6.41 Å². The first kappa shape index (κ1) is 14.0. The van der Waals surface area contributed by atoms with Crippen LogP contribution in [0.1, 0.15) is 10.5 Å². The number of aromatic nitrogens is 2. The van der Waals surface area contributed by atoms with Crippen LogP contribution in [0.2, 0.25) is 0 Å². The maximum absolute atomic E-state index is 12.3. The molecule has 0 atom stereocenters. The molecule has 2 rings (SSSR count). The zero-order valence-corrected chi connectivity index (χ0v) is 11.2. The van der Waals surface area contributed by atoms with Crippen molar-refractivity contribution >= 4 is 18.1 Å². The molecule has 0 aromatic carbocycles. The van der Waals surface area contributed by atoms with Crippen molar-refractivity contribution < 1.29 is 9.59 Å². The van der Waals surface area contributed by atoms with Crippen molar-refractivity contribution in [3.05, 3.63) is 30.7 Å². The third-order valence-electron chi connectivity index (χ3n) is 3.06. The Labute approximate surface area is 117 Å². The SMILES string of the molecule is C=CCNc1cc(C(=O)N2CCN(C=O)CC2)ncn1. The number of piperazine rings is 1. The van der Waals surface area contributed by atoms with E-state index in [-0.39, 0.29) is 5.91 Å². The Hall–Kier alpha value is -2.44. The molecular formula is C13H17N5O2. The number of amides is 2. The first-order valence-corrected chi connectivity index (χ1v) is 6.40. The maximum atomic E-state index is 12.3. The van der Waals surface area contributed by atoms with Crippen molar-refractivity contribution in [2.24, 2.45) is 0 Å². The second kappa shape index (κ2) is 6.65. The van der Waals surface area contributed by atoms with E-state index in [0.717, 1.165) is 6.41 Å². The average Bonchev–Trinajstić information content (AvgIpc) is 2.52. The summed E-state index contributed by atoms with van der Waals surface area (Å²) in [6, 6.07) is 1.62. The number of rotatable bonds is 5. The van der Waals surface area contributed by atoms with Crippen molar-refractivity contribution in [2.45, 2.75) is 0 Å². The molecule has 1 aromatic heterocycles. The first-order chi connectivity index (χ1) is 9.74. The minimum absolute atomic E-state index is 0.139. The van der Waals surface area contributed by atoms with E-state index in [9.17, 15) is 9.59 Å². The highest BCUT2D eigenvalue weighted by Gasteiger charge is 2.22. The molecular weight excluding hydrogens is 258 g/mol. The molecule has 2 heterocycles. The Balaban J connectivity index is 2.01. The summed E-state index contributed by atoms with van der Waals surface area (Å²) in [5, 5.41) is 3.01. The van der Waals surface area contributed by atoms with Gasteiger partial charge >= 0.3 is 0 Å². The Kier molecular flexibility index (Phi) is 4.65. The lowest BCUT2D eigenvalue weighted by Gasteiger charge is -2.32. The summed E-state index contributed by atoms with van der Waals surface area (Å²) in [6.07, 6.45) is 3.88. The van der Waals surface area contributed by atoms with Crippen LogP contribution < -0.4 is 5.32 Å². The van der Waals surface area contributed by atoms with Gasteiger partial charge in [-0.05, 0) is 0 Å². The molecule has 1 aromatic rings. The molecule has 0 spiro atoms. The van der Waals surface area contributed by atoms with Crippen molar-refractivity contribution in [1.82, 2.24) is 19.8 Å². The molecule has 0 saturated carbocycles. The second-order valence-electron chi connectivity index (χ2n) is 4.39. The van der Waals surface area contributed by atoms with Crippen LogP contribution in [0.3, 0.4) is 0 Å². The highest BCUT2D eigenvalue weighted by Crippen LogP contribution is 2.09. The fraction of sp³-hybridized carbons (Fsp3) is 0.385. The molecule has 1 saturated heterocycles. The summed E-state index contributed by atoms with van der Waals surface area (Å²) in [5.41, 5.74) is 0.353. The van der Waals surface area contributed by atoms with Crippen molar-refractivity contribution in [1.29, 1.82) is 0 Å². The molecule has 1 aliphatic heterocycles. The summed E-state index contributed by atoms with van der Waals surface area (Å²) in [6.45, 7) is 6.34. The molecule has 0 aliphatic carbocycles. The number of anilines is 1. The first-order valence-electron chi connectivity index (χ1n) is 6.40. The van der Waals surface area contributed by atoms with Gasteiger partial charge in [-0.15, -0.1) is 6.58 Å². The monoisotopic (exact) mass is 275 g/mol. The molecule has 1 N–H and O–H groups in total. The number of nitrogens with one attached hydrogen (secondary N) is 1. The van der Waals surface area contributed by atoms with Gasteiger partial charge in [-0.2, -0.15) is 0 Å². The van der Waals surface area contributed by atoms with E-state index >= 15 is 0 Å². The van der Waals surface area contributed by atoms with E-state index in [0.29, 0.717) is 44.2 Å². The van der Waals surface area contributed by atoms with E-state index < -0.39 is 0 Å². The largest absolute Gasteiger partial charge is 0.366 e. The van der Waals surface area contributed by atoms with Crippen LogP contribution in [-0.2, 0) is 4.79 Å². The van der Waals surface area contributed by atoms with Gasteiger partial charge in [0.1, 0.15) is 17.8 Å². The number of carbonyl (C=O) groups excluding carboxylic acids is 2. The summed E-state index contributed by atoms with van der Waals surface area (Å²) in [4.78, 5) is 34.3. The average molecular weight is 275 g/mol. The normalized spacial score (nSPS) is 14.8. The highest BCUT2D eigenvalue weighted by atomic mass is 16.2. The minimum Gasteiger partial charge on any atom is -0.366 e. The molecule has 0 bridgehead atoms. The third-order valence-corrected chi connectivity index (χ3v) is 3.06. The van der Waals surface area contributed by atoms with E-state index in [1.165, 1.54) is 6.33 Å². The second-order valence-corrected chi connectivity index (χ2v) is 4.39. The van der Waals surface area contributed by atoms with E-state index in [1.807, 2.05) is 0 Å². The molecule has 1 fully saturated rings. The van der Waals surface area contributed by atoms with Crippen LogP contribution in [0.15, 0.2) is 25.0 Å². The summed E-state index contributed by atoms with van der Waals surface area (Å²) < 4.78 is 0. The van der Waals surface area contributed by atoms with E-state index in [2.05, 4.69) is 21.9 Å². The van der Waals surface area contributed by atoms with Gasteiger partial charge < -0.3 is 15.1 Å². The topological polar surface area (TPSA) is 78.4 Å². The molecule has 20 heavy (non-hydrogen) atoms. The number of carbonyl (C=O) groups is 2. The van der Waals surface area contributed by atoms with Crippen LogP contribution in [0.5, 0.6) is 0 Å². The van der Waals surface area contributed by atoms with Gasteiger partial charge in [-0.25, -0.2) is 9.97 Å². The Morgan fingerprint density at radius 2 is 2.10 bits per heavy atom. The fourth-order valence-electron chi connectivity index (χ4n) is 1.94. The maximum Gasteiger partial charge on any atom is 0.272 e. The highest BCUT2D eigenvalue weighted by molar-refractivity contribution is 5.93. The van der Waals surface area contributed by atoms with Gasteiger partial charge in [-0.1, -0.05) is 6.08 Å². The molecule has 0 radical (unpaired) electrons. The van der Waals surface area contributed by atoms with Gasteiger partial charge in [0.25, 0.3) is 5.91 Å². The van der Waals surface area contributed by atoms with Crippen molar-refractivity contribution in [3.63, 3.8) is 0 Å². The molecule has 0 unspecified atom stereocenters. The Morgan fingerprint density at radius 3 is 2.75 bits per heavy atom. The lowest BCUT2D eigenvalue weighted by Crippen LogP contribution is -2.48. The van der Waals surface area contributed by atoms with Crippen LogP contribution in [-0.4, -0.2) is 64.8 Å². The van der Waals surface area contributed by atoms with Gasteiger partial charge in [0, 0.05) is 38.8 Å². The van der Waals surface area contributed by atoms with Crippen LogP contribution in [0.4, 0.5) is 5.82 Å². The molecule has 7 nitrogen and oxygen atoms in total. The van der Waals surface area contributed by atoms with Crippen LogP contribution in [0.25, 0.3) is 0 Å². The summed E-state index contributed by atoms with van der Waals surface area (Å²) in [7, 11) is 0. The number of nitrogens with zero attached hydrogens (tertiary/aromatic N) is 4. The standard InChI is InChI=1S/C13H17N5O2/c1-2-3-14-12-8-11(15-9-16-12)13(20)18-6-4-17(10-19)5-7-18/h2,8-10H,1,3-7H2,(H,14,15,16). The summed E-state index contributed by atoms with van der Waals surface area (Å²) >= 11 is 0. The third kappa shape index (κ3) is 3.31. The quantitative estimate of drug-likeness (QED) is 0.604. The lowest BCUT2D eigenvalue weighted by molar-refractivity contribution is -0.119. The molecule has 106 valence electrons. The van der Waals surface area contributed by atoms with E-state index in [4.69, 9.17) is 0 Å². The number of hydrogen-bond acceptors (Lipinski definition) is 5. The predicted molar refractivity (Wildman–Crippen MR) is 74.3 cm³/mol. The zero-order chi connectivity index (χ0) is 14.4. The Bertz CT molecular complexity index is 497. The van der Waals surface area contributed by atoms with Gasteiger partial charge in [-0.3, -0.25) is 9.59 Å². The number of hydrogen-bond donors (Lipinski definition) is 1. The van der Waals surface area contributed by atoms with Crippen LogP contribution in [0, 0.1) is 0 Å². The summed E-state index contributed by atoms with van der Waals surface area (Å²) in [5.74, 6) is 0.453. The smallest absolute Gasteiger partial charge is 0.272 e. The molecule has 1 aliphatic rings. The van der Waals surface area contributed by atoms with Crippen molar-refractivity contribution in [2.75, 3.05) is 38.0 Å². The minimum atomic E-state index is -0.139. The lowest BCUT2D eigenvalue weighted by atomic mass is 10.2. The van der Waals surface area contributed by atoms with Crippen LogP contribution >= 0.6 is 0 Å². The van der Waals surface area contributed by atoms with Gasteiger partial charge in [0.15, 0.2) is 0 Å². The Morgan fingerprint density at radius 1 is 1.35 bits per heavy atom. The predicted octanol–water partition coefficient (Wildman–Crippen LogP) is -0.0113. The molecule has 7 heteroatoms. The molecule has 2 amide bonds. The zero-order valence-electron chi connectivity index (χ0n) is 11.2. The fourth-order valence-corrected chi connectivity index (χ4v) is 1.94. The van der Waals surface area contributed by atoms with Crippen molar-refractivity contribution in [3.8, 4) is 0 Å². The van der Waals surface area contributed by atoms with Gasteiger partial charge in [0.05, 0.1) is 0 Å².